The van der Waals surface area contributed by atoms with Gasteiger partial charge in [-0.05, 0) is 35.7 Å². The fourth-order valence-electron chi connectivity index (χ4n) is 2.78. The summed E-state index contributed by atoms with van der Waals surface area (Å²) < 4.78 is 28.1. The van der Waals surface area contributed by atoms with Gasteiger partial charge in [0.15, 0.2) is 5.15 Å². The average Bonchev–Trinajstić information content (AvgIpc) is 2.74. The summed E-state index contributed by atoms with van der Waals surface area (Å²) in [5.74, 6) is 0.0150. The molecule has 3 rings (SSSR count). The summed E-state index contributed by atoms with van der Waals surface area (Å²) >= 11 is 6.13. The van der Waals surface area contributed by atoms with Crippen LogP contribution in [0.1, 0.15) is 35.7 Å². The molecule has 0 saturated carbocycles. The van der Waals surface area contributed by atoms with E-state index in [2.05, 4.69) is 20.0 Å². The molecule has 9 heteroatoms. The Morgan fingerprint density at radius 1 is 1.03 bits per heavy atom. The maximum atomic E-state index is 12.8. The number of pyridine rings is 2. The van der Waals surface area contributed by atoms with Crippen LogP contribution in [0, 0.1) is 0 Å². The molecule has 0 bridgehead atoms. The normalized spacial score (nSPS) is 11.4. The Morgan fingerprint density at radius 2 is 1.70 bits per heavy atom. The van der Waals surface area contributed by atoms with Crippen molar-refractivity contribution in [1.29, 1.82) is 0 Å². The van der Waals surface area contributed by atoms with Crippen molar-refractivity contribution in [3.63, 3.8) is 0 Å². The number of amides is 1. The van der Waals surface area contributed by atoms with Crippen LogP contribution in [0.2, 0.25) is 5.15 Å². The first-order valence-electron chi connectivity index (χ1n) is 9.17. The minimum absolute atomic E-state index is 0.0107. The van der Waals surface area contributed by atoms with Crippen LogP contribution < -0.4 is 10.0 Å². The number of hydrogen-bond donors (Lipinski definition) is 2. The van der Waals surface area contributed by atoms with Gasteiger partial charge in [0.1, 0.15) is 0 Å². The number of aromatic nitrogens is 2. The molecule has 1 amide bonds. The second-order valence-corrected chi connectivity index (χ2v) is 8.97. The van der Waals surface area contributed by atoms with Crippen LogP contribution in [0.3, 0.4) is 0 Å². The Kier molecular flexibility index (Phi) is 6.38. The number of halogens is 1. The molecule has 0 unspecified atom stereocenters. The van der Waals surface area contributed by atoms with Gasteiger partial charge in [0, 0.05) is 36.8 Å². The van der Waals surface area contributed by atoms with E-state index >= 15 is 0 Å². The molecule has 0 aliphatic rings. The second kappa shape index (κ2) is 8.81. The lowest BCUT2D eigenvalue weighted by Gasteiger charge is -2.12. The maximum Gasteiger partial charge on any atom is 0.261 e. The standard InChI is InChI=1S/C21H21ClN4O3S/c1-13(2)14-4-6-18(7-5-14)30(28,29)26-19-9-16(12-25-20(19)22)15-8-17(11-24-10-15)21(27)23-3/h4-13,26H,1-3H3,(H,23,27). The van der Waals surface area contributed by atoms with Crippen LogP contribution in [-0.4, -0.2) is 31.3 Å². The first-order chi connectivity index (χ1) is 14.2. The molecule has 30 heavy (non-hydrogen) atoms. The molecule has 0 saturated heterocycles. The van der Waals surface area contributed by atoms with Crippen LogP contribution in [0.25, 0.3) is 11.1 Å². The summed E-state index contributed by atoms with van der Waals surface area (Å²) in [6.07, 6.45) is 4.48. The van der Waals surface area contributed by atoms with E-state index in [9.17, 15) is 13.2 Å². The van der Waals surface area contributed by atoms with Crippen LogP contribution in [0.15, 0.2) is 59.9 Å². The zero-order chi connectivity index (χ0) is 21.9. The van der Waals surface area contributed by atoms with E-state index in [1.807, 2.05) is 13.8 Å². The molecule has 2 N–H and O–H groups in total. The molecule has 156 valence electrons. The molecule has 1 aromatic carbocycles. The van der Waals surface area contributed by atoms with Gasteiger partial charge >= 0.3 is 0 Å². The number of nitrogens with one attached hydrogen (secondary N) is 2. The minimum Gasteiger partial charge on any atom is -0.355 e. The molecule has 0 radical (unpaired) electrons. The third-order valence-corrected chi connectivity index (χ3v) is 6.18. The topological polar surface area (TPSA) is 101 Å². The number of carbonyl (C=O) groups excluding carboxylic acids is 1. The van der Waals surface area contributed by atoms with Crippen LogP contribution in [0.4, 0.5) is 5.69 Å². The predicted molar refractivity (Wildman–Crippen MR) is 117 cm³/mol. The number of nitrogens with zero attached hydrogens (tertiary/aromatic N) is 2. The van der Waals surface area contributed by atoms with Crippen molar-refractivity contribution in [3.8, 4) is 11.1 Å². The zero-order valence-electron chi connectivity index (χ0n) is 16.7. The van der Waals surface area contributed by atoms with Gasteiger partial charge in [-0.25, -0.2) is 13.4 Å². The first kappa shape index (κ1) is 21.7. The lowest BCUT2D eigenvalue weighted by atomic mass is 10.0. The monoisotopic (exact) mass is 444 g/mol. The fraction of sp³-hybridized carbons (Fsp3) is 0.190. The molecule has 0 aliphatic heterocycles. The number of rotatable bonds is 6. The SMILES string of the molecule is CNC(=O)c1cncc(-c2cnc(Cl)c(NS(=O)(=O)c3ccc(C(C)C)cc3)c2)c1. The summed E-state index contributed by atoms with van der Waals surface area (Å²) in [4.78, 5) is 20.1. The van der Waals surface area contributed by atoms with Crippen molar-refractivity contribution in [2.24, 2.45) is 0 Å². The molecule has 0 aliphatic carbocycles. The Morgan fingerprint density at radius 3 is 2.33 bits per heavy atom. The summed E-state index contributed by atoms with van der Waals surface area (Å²) in [6.45, 7) is 4.07. The summed E-state index contributed by atoms with van der Waals surface area (Å²) in [6, 6.07) is 9.87. The lowest BCUT2D eigenvalue weighted by Crippen LogP contribution is -2.17. The second-order valence-electron chi connectivity index (χ2n) is 6.93. The Balaban J connectivity index is 1.93. The summed E-state index contributed by atoms with van der Waals surface area (Å²) in [5, 5.41) is 2.54. The van der Waals surface area contributed by atoms with Gasteiger partial charge in [-0.2, -0.15) is 0 Å². The number of anilines is 1. The van der Waals surface area contributed by atoms with Crippen LogP contribution in [0.5, 0.6) is 0 Å². The quantitative estimate of drug-likeness (QED) is 0.558. The molecule has 0 fully saturated rings. The van der Waals surface area contributed by atoms with Crippen molar-refractivity contribution in [3.05, 3.63) is 71.3 Å². The van der Waals surface area contributed by atoms with Gasteiger partial charge in [0.25, 0.3) is 15.9 Å². The Hall–Kier alpha value is -2.97. The van der Waals surface area contributed by atoms with E-state index in [0.29, 0.717) is 22.6 Å². The predicted octanol–water partition coefficient (Wildman–Crippen LogP) is 4.08. The van der Waals surface area contributed by atoms with Crippen molar-refractivity contribution in [2.75, 3.05) is 11.8 Å². The highest BCUT2D eigenvalue weighted by Gasteiger charge is 2.18. The van der Waals surface area contributed by atoms with Gasteiger partial charge in [0.2, 0.25) is 0 Å². The third kappa shape index (κ3) is 4.77. The fourth-order valence-corrected chi connectivity index (χ4v) is 4.04. The molecule has 0 atom stereocenters. The van der Waals surface area contributed by atoms with Gasteiger partial charge in [-0.15, -0.1) is 0 Å². The van der Waals surface area contributed by atoms with Crippen molar-refractivity contribution < 1.29 is 13.2 Å². The van der Waals surface area contributed by atoms with E-state index in [0.717, 1.165) is 5.56 Å². The van der Waals surface area contributed by atoms with E-state index < -0.39 is 10.0 Å². The Bertz CT molecular complexity index is 1180. The largest absolute Gasteiger partial charge is 0.355 e. The van der Waals surface area contributed by atoms with Crippen LogP contribution in [-0.2, 0) is 10.0 Å². The molecule has 3 aromatic rings. The first-order valence-corrected chi connectivity index (χ1v) is 11.0. The van der Waals surface area contributed by atoms with E-state index in [1.165, 1.54) is 19.4 Å². The minimum atomic E-state index is -3.86. The van der Waals surface area contributed by atoms with Crippen molar-refractivity contribution in [1.82, 2.24) is 15.3 Å². The maximum absolute atomic E-state index is 12.8. The lowest BCUT2D eigenvalue weighted by molar-refractivity contribution is 0.0962. The van der Waals surface area contributed by atoms with Gasteiger partial charge in [-0.3, -0.25) is 14.5 Å². The zero-order valence-corrected chi connectivity index (χ0v) is 18.3. The van der Waals surface area contributed by atoms with Gasteiger partial charge < -0.3 is 5.32 Å². The molecule has 7 nitrogen and oxygen atoms in total. The van der Waals surface area contributed by atoms with E-state index in [-0.39, 0.29) is 21.6 Å². The molecule has 2 heterocycles. The Labute approximate surface area is 180 Å². The molecule has 2 aromatic heterocycles. The highest BCUT2D eigenvalue weighted by atomic mass is 35.5. The van der Waals surface area contributed by atoms with E-state index in [1.54, 1.807) is 42.6 Å². The van der Waals surface area contributed by atoms with E-state index in [4.69, 9.17) is 11.6 Å². The number of hydrogen-bond acceptors (Lipinski definition) is 5. The third-order valence-electron chi connectivity index (χ3n) is 4.50. The molecule has 0 spiro atoms. The van der Waals surface area contributed by atoms with Gasteiger partial charge in [-0.1, -0.05) is 37.6 Å². The summed E-state index contributed by atoms with van der Waals surface area (Å²) in [5.41, 5.74) is 2.71. The average molecular weight is 445 g/mol. The van der Waals surface area contributed by atoms with Gasteiger partial charge in [0.05, 0.1) is 16.1 Å². The highest BCUT2D eigenvalue weighted by Crippen LogP contribution is 2.29. The molecular weight excluding hydrogens is 424 g/mol. The van der Waals surface area contributed by atoms with Crippen molar-refractivity contribution >= 4 is 33.2 Å². The van der Waals surface area contributed by atoms with Crippen molar-refractivity contribution in [2.45, 2.75) is 24.7 Å². The van der Waals surface area contributed by atoms with Crippen LogP contribution >= 0.6 is 11.6 Å². The number of sulfonamides is 1. The highest BCUT2D eigenvalue weighted by molar-refractivity contribution is 7.92. The summed E-state index contributed by atoms with van der Waals surface area (Å²) in [7, 11) is -2.33. The smallest absolute Gasteiger partial charge is 0.261 e. The number of carbonyl (C=O) groups is 1. The number of benzene rings is 1. The molecular formula is C21H21ClN4O3S.